The van der Waals surface area contributed by atoms with E-state index in [0.29, 0.717) is 6.54 Å². The van der Waals surface area contributed by atoms with Gasteiger partial charge in [0.2, 0.25) is 0 Å². The van der Waals surface area contributed by atoms with Gasteiger partial charge in [-0.3, -0.25) is 5.10 Å². The van der Waals surface area contributed by atoms with Gasteiger partial charge in [0.1, 0.15) is 5.76 Å². The number of H-pyrrole nitrogens is 1. The first kappa shape index (κ1) is 12.8. The Morgan fingerprint density at radius 1 is 1.55 bits per heavy atom. The maximum absolute atomic E-state index is 12.3. The highest BCUT2D eigenvalue weighted by atomic mass is 16.3. The summed E-state index contributed by atoms with van der Waals surface area (Å²) in [6.07, 6.45) is 8.43. The lowest BCUT2D eigenvalue weighted by Crippen LogP contribution is -2.44. The van der Waals surface area contributed by atoms with E-state index in [2.05, 4.69) is 15.5 Å². The van der Waals surface area contributed by atoms with Gasteiger partial charge < -0.3 is 14.6 Å². The van der Waals surface area contributed by atoms with Gasteiger partial charge in [-0.1, -0.05) is 0 Å². The molecule has 0 aliphatic carbocycles. The summed E-state index contributed by atoms with van der Waals surface area (Å²) in [6, 6.07) is 3.73. The molecule has 2 N–H and O–H groups in total. The first-order valence-electron chi connectivity index (χ1n) is 6.90. The number of piperidine rings is 1. The van der Waals surface area contributed by atoms with Gasteiger partial charge >= 0.3 is 6.03 Å². The highest BCUT2D eigenvalue weighted by Gasteiger charge is 2.28. The number of rotatable bonds is 3. The fourth-order valence-corrected chi connectivity index (χ4v) is 2.64. The third kappa shape index (κ3) is 2.68. The van der Waals surface area contributed by atoms with Crippen molar-refractivity contribution in [3.05, 3.63) is 42.1 Å². The molecule has 0 spiro atoms. The van der Waals surface area contributed by atoms with Gasteiger partial charge in [-0.05, 0) is 31.4 Å². The number of hydrogen-bond donors (Lipinski definition) is 2. The van der Waals surface area contributed by atoms with Crippen molar-refractivity contribution in [2.75, 3.05) is 6.54 Å². The van der Waals surface area contributed by atoms with Gasteiger partial charge in [-0.25, -0.2) is 4.79 Å². The summed E-state index contributed by atoms with van der Waals surface area (Å²) >= 11 is 0. The number of likely N-dealkylation sites (tertiary alicyclic amines) is 1. The first-order valence-corrected chi connectivity index (χ1v) is 6.90. The molecule has 20 heavy (non-hydrogen) atoms. The minimum absolute atomic E-state index is 0.0488. The van der Waals surface area contributed by atoms with E-state index in [1.807, 2.05) is 23.2 Å². The lowest BCUT2D eigenvalue weighted by Gasteiger charge is -2.35. The van der Waals surface area contributed by atoms with Gasteiger partial charge in [0.05, 0.1) is 25.0 Å². The number of urea groups is 1. The van der Waals surface area contributed by atoms with Gasteiger partial charge in [-0.2, -0.15) is 5.10 Å². The first-order chi connectivity index (χ1) is 9.84. The number of carbonyl (C=O) groups excluding carboxylic acids is 1. The summed E-state index contributed by atoms with van der Waals surface area (Å²) in [4.78, 5) is 14.2. The fraction of sp³-hybridized carbons (Fsp3) is 0.429. The van der Waals surface area contributed by atoms with E-state index in [0.717, 1.165) is 37.1 Å². The molecule has 1 fully saturated rings. The van der Waals surface area contributed by atoms with Crippen LogP contribution in [0.5, 0.6) is 0 Å². The van der Waals surface area contributed by atoms with Crippen LogP contribution < -0.4 is 5.32 Å². The van der Waals surface area contributed by atoms with Crippen molar-refractivity contribution < 1.29 is 9.21 Å². The zero-order chi connectivity index (χ0) is 13.8. The van der Waals surface area contributed by atoms with Gasteiger partial charge in [0.25, 0.3) is 0 Å². The number of amides is 2. The summed E-state index contributed by atoms with van der Waals surface area (Å²) in [5.74, 6) is 0.759. The second-order valence-electron chi connectivity index (χ2n) is 4.97. The molecule has 6 heteroatoms. The fourth-order valence-electron chi connectivity index (χ4n) is 2.64. The normalized spacial score (nSPS) is 19.0. The van der Waals surface area contributed by atoms with Crippen molar-refractivity contribution in [1.82, 2.24) is 20.4 Å². The standard InChI is InChI=1S/C14H18N4O2/c19-14(15-10-12-4-3-7-20-12)18-6-2-1-5-13(18)11-8-16-17-9-11/h3-4,7-9,13H,1-2,5-6,10H2,(H,15,19)(H,16,17). The lowest BCUT2D eigenvalue weighted by molar-refractivity contribution is 0.150. The second kappa shape index (κ2) is 5.81. The Morgan fingerprint density at radius 3 is 3.25 bits per heavy atom. The zero-order valence-electron chi connectivity index (χ0n) is 11.2. The molecular weight excluding hydrogens is 256 g/mol. The van der Waals surface area contributed by atoms with Crippen LogP contribution in [0, 0.1) is 0 Å². The monoisotopic (exact) mass is 274 g/mol. The maximum Gasteiger partial charge on any atom is 0.318 e. The number of carbonyl (C=O) groups is 1. The van der Waals surface area contributed by atoms with Crippen LogP contribution in [0.1, 0.15) is 36.6 Å². The molecule has 106 valence electrons. The van der Waals surface area contributed by atoms with E-state index in [4.69, 9.17) is 4.42 Å². The van der Waals surface area contributed by atoms with E-state index in [1.54, 1.807) is 12.5 Å². The van der Waals surface area contributed by atoms with Crippen LogP contribution in [-0.4, -0.2) is 27.7 Å². The Hall–Kier alpha value is -2.24. The molecule has 3 rings (SSSR count). The zero-order valence-corrected chi connectivity index (χ0v) is 11.2. The van der Waals surface area contributed by atoms with Crippen LogP contribution in [0.25, 0.3) is 0 Å². The topological polar surface area (TPSA) is 74.2 Å². The van der Waals surface area contributed by atoms with E-state index in [9.17, 15) is 4.79 Å². The van der Waals surface area contributed by atoms with E-state index in [-0.39, 0.29) is 12.1 Å². The third-order valence-corrected chi connectivity index (χ3v) is 3.66. The number of aromatic nitrogens is 2. The Kier molecular flexibility index (Phi) is 3.71. The molecular formula is C14H18N4O2. The van der Waals surface area contributed by atoms with Crippen molar-refractivity contribution >= 4 is 6.03 Å². The number of aromatic amines is 1. The van der Waals surface area contributed by atoms with E-state index >= 15 is 0 Å². The van der Waals surface area contributed by atoms with E-state index in [1.165, 1.54) is 0 Å². The smallest absolute Gasteiger partial charge is 0.318 e. The van der Waals surface area contributed by atoms with Crippen molar-refractivity contribution in [2.45, 2.75) is 31.8 Å². The van der Waals surface area contributed by atoms with Gasteiger partial charge in [-0.15, -0.1) is 0 Å². The number of hydrogen-bond acceptors (Lipinski definition) is 3. The number of furan rings is 1. The van der Waals surface area contributed by atoms with Crippen molar-refractivity contribution in [3.8, 4) is 0 Å². The minimum Gasteiger partial charge on any atom is -0.467 e. The lowest BCUT2D eigenvalue weighted by atomic mass is 9.98. The molecule has 0 saturated carbocycles. The summed E-state index contributed by atoms with van der Waals surface area (Å²) in [7, 11) is 0. The molecule has 1 saturated heterocycles. The summed E-state index contributed by atoms with van der Waals surface area (Å²) in [5, 5.41) is 9.71. The van der Waals surface area contributed by atoms with Crippen molar-refractivity contribution in [2.24, 2.45) is 0 Å². The predicted octanol–water partition coefficient (Wildman–Crippen LogP) is 2.44. The molecule has 1 aliphatic heterocycles. The van der Waals surface area contributed by atoms with Crippen LogP contribution in [-0.2, 0) is 6.54 Å². The summed E-state index contributed by atoms with van der Waals surface area (Å²) in [5.41, 5.74) is 1.07. The van der Waals surface area contributed by atoms with Crippen LogP contribution in [0.3, 0.4) is 0 Å². The molecule has 2 aromatic rings. The van der Waals surface area contributed by atoms with Crippen molar-refractivity contribution in [1.29, 1.82) is 0 Å². The molecule has 0 bridgehead atoms. The molecule has 2 aromatic heterocycles. The van der Waals surface area contributed by atoms with Crippen LogP contribution >= 0.6 is 0 Å². The Morgan fingerprint density at radius 2 is 2.50 bits per heavy atom. The predicted molar refractivity (Wildman–Crippen MR) is 72.8 cm³/mol. The SMILES string of the molecule is O=C(NCc1ccco1)N1CCCCC1c1cn[nH]c1. The molecule has 6 nitrogen and oxygen atoms in total. The molecule has 3 heterocycles. The number of nitrogens with zero attached hydrogens (tertiary/aromatic N) is 2. The van der Waals surface area contributed by atoms with E-state index < -0.39 is 0 Å². The Labute approximate surface area is 117 Å². The maximum atomic E-state index is 12.3. The molecule has 1 unspecified atom stereocenters. The molecule has 0 radical (unpaired) electrons. The Balaban J connectivity index is 1.65. The minimum atomic E-state index is -0.0488. The Bertz CT molecular complexity index is 536. The quantitative estimate of drug-likeness (QED) is 0.902. The van der Waals surface area contributed by atoms with Crippen LogP contribution in [0.4, 0.5) is 4.79 Å². The van der Waals surface area contributed by atoms with Crippen LogP contribution in [0.2, 0.25) is 0 Å². The highest BCUT2D eigenvalue weighted by molar-refractivity contribution is 5.74. The summed E-state index contributed by atoms with van der Waals surface area (Å²) < 4.78 is 5.22. The highest BCUT2D eigenvalue weighted by Crippen LogP contribution is 2.30. The molecule has 2 amide bonds. The second-order valence-corrected chi connectivity index (χ2v) is 4.97. The molecule has 1 atom stereocenters. The van der Waals surface area contributed by atoms with Gasteiger partial charge in [0, 0.05) is 18.3 Å². The molecule has 0 aromatic carbocycles. The largest absolute Gasteiger partial charge is 0.467 e. The van der Waals surface area contributed by atoms with Crippen LogP contribution in [0.15, 0.2) is 35.2 Å². The molecule has 1 aliphatic rings. The van der Waals surface area contributed by atoms with Crippen molar-refractivity contribution in [3.63, 3.8) is 0 Å². The summed E-state index contributed by atoms with van der Waals surface area (Å²) in [6.45, 7) is 1.19. The third-order valence-electron chi connectivity index (χ3n) is 3.66. The average Bonchev–Trinajstić information content (AvgIpc) is 3.18. The average molecular weight is 274 g/mol. The van der Waals surface area contributed by atoms with Gasteiger partial charge in [0.15, 0.2) is 0 Å². The number of nitrogens with one attached hydrogen (secondary N) is 2.